The van der Waals surface area contributed by atoms with E-state index in [0.29, 0.717) is 6.04 Å². The van der Waals surface area contributed by atoms with Crippen LogP contribution in [0.4, 0.5) is 4.39 Å². The van der Waals surface area contributed by atoms with Crippen molar-refractivity contribution in [2.24, 2.45) is 5.73 Å². The van der Waals surface area contributed by atoms with Crippen LogP contribution in [0.5, 0.6) is 0 Å². The Bertz CT molecular complexity index is 478. The molecule has 0 amide bonds. The third-order valence-electron chi connectivity index (χ3n) is 2.81. The minimum atomic E-state index is -0.177. The lowest BCUT2D eigenvalue weighted by Gasteiger charge is -1.94. The number of hydrogen-bond donors (Lipinski definition) is 2. The van der Waals surface area contributed by atoms with Gasteiger partial charge in [0.05, 0.1) is 0 Å². The molecule has 3 heteroatoms. The molecule has 0 spiro atoms. The van der Waals surface area contributed by atoms with Gasteiger partial charge in [0.25, 0.3) is 0 Å². The summed E-state index contributed by atoms with van der Waals surface area (Å²) in [5.41, 5.74) is 5.47. The van der Waals surface area contributed by atoms with Crippen LogP contribution < -0.4 is 11.1 Å². The second-order valence-corrected chi connectivity index (χ2v) is 4.24. The zero-order valence-corrected chi connectivity index (χ0v) is 9.70. The predicted octanol–water partition coefficient (Wildman–Crippen LogP) is 2.29. The first-order valence-electron chi connectivity index (χ1n) is 5.86. The molecular weight excluding hydrogens is 215 g/mol. The fraction of sp³-hybridized carbons (Fsp3) is 0.286. The van der Waals surface area contributed by atoms with E-state index in [-0.39, 0.29) is 5.82 Å². The molecule has 2 aromatic carbocycles. The molecule has 3 N–H and O–H groups in total. The van der Waals surface area contributed by atoms with Crippen LogP contribution in [0.1, 0.15) is 6.42 Å². The van der Waals surface area contributed by atoms with E-state index in [4.69, 9.17) is 5.73 Å². The van der Waals surface area contributed by atoms with Gasteiger partial charge in [-0.2, -0.15) is 0 Å². The summed E-state index contributed by atoms with van der Waals surface area (Å²) in [4.78, 5) is 0. The van der Waals surface area contributed by atoms with Crippen LogP contribution in [0.25, 0.3) is 10.8 Å². The summed E-state index contributed by atoms with van der Waals surface area (Å²) in [7, 11) is 0. The maximum absolute atomic E-state index is 12.6. The smallest absolute Gasteiger partial charge is 0.123 e. The van der Waals surface area contributed by atoms with E-state index in [0.717, 1.165) is 30.3 Å². The Labute approximate surface area is 101 Å². The molecule has 90 valence electrons. The first kappa shape index (κ1) is 12.0. The Morgan fingerprint density at radius 3 is 2.47 bits per heavy atom. The Hall–Kier alpha value is -1.45. The van der Waals surface area contributed by atoms with Crippen molar-refractivity contribution in [3.8, 4) is 0 Å². The van der Waals surface area contributed by atoms with Crippen LogP contribution in [0, 0.1) is 5.82 Å². The maximum Gasteiger partial charge on any atom is 0.123 e. The van der Waals surface area contributed by atoms with Gasteiger partial charge in [-0.25, -0.2) is 4.39 Å². The van der Waals surface area contributed by atoms with Crippen molar-refractivity contribution in [1.82, 2.24) is 5.32 Å². The highest BCUT2D eigenvalue weighted by molar-refractivity contribution is 5.82. The van der Waals surface area contributed by atoms with Gasteiger partial charge in [-0.3, -0.25) is 0 Å². The van der Waals surface area contributed by atoms with Gasteiger partial charge >= 0.3 is 0 Å². The highest BCUT2D eigenvalue weighted by Gasteiger charge is 2.06. The molecule has 1 aliphatic rings. The van der Waals surface area contributed by atoms with Crippen molar-refractivity contribution in [2.45, 2.75) is 12.5 Å². The first-order chi connectivity index (χ1) is 8.25. The third-order valence-corrected chi connectivity index (χ3v) is 2.81. The van der Waals surface area contributed by atoms with E-state index in [2.05, 4.69) is 5.32 Å². The molecule has 1 saturated heterocycles. The van der Waals surface area contributed by atoms with Crippen molar-refractivity contribution in [3.05, 3.63) is 48.3 Å². The van der Waals surface area contributed by atoms with Crippen LogP contribution in [-0.4, -0.2) is 19.1 Å². The normalized spacial score (nSPS) is 18.8. The molecule has 0 aliphatic carbocycles. The molecule has 17 heavy (non-hydrogen) atoms. The van der Waals surface area contributed by atoms with E-state index < -0.39 is 0 Å². The van der Waals surface area contributed by atoms with E-state index >= 15 is 0 Å². The van der Waals surface area contributed by atoms with Gasteiger partial charge in [0, 0.05) is 12.6 Å². The fourth-order valence-electron chi connectivity index (χ4n) is 1.84. The summed E-state index contributed by atoms with van der Waals surface area (Å²) < 4.78 is 12.6. The molecule has 0 aromatic heterocycles. The Balaban J connectivity index is 0.000000153. The van der Waals surface area contributed by atoms with E-state index in [1.165, 1.54) is 12.1 Å². The number of benzene rings is 2. The Kier molecular flexibility index (Phi) is 4.07. The summed E-state index contributed by atoms with van der Waals surface area (Å²) in [6, 6.07) is 12.9. The van der Waals surface area contributed by atoms with Crippen molar-refractivity contribution in [3.63, 3.8) is 0 Å². The van der Waals surface area contributed by atoms with Crippen molar-refractivity contribution < 1.29 is 4.39 Å². The highest BCUT2D eigenvalue weighted by Crippen LogP contribution is 2.13. The number of rotatable bonds is 0. The Morgan fingerprint density at radius 1 is 1.12 bits per heavy atom. The number of hydrogen-bond acceptors (Lipinski definition) is 2. The average Bonchev–Trinajstić information content (AvgIpc) is 2.81. The summed E-state index contributed by atoms with van der Waals surface area (Å²) in [6.45, 7) is 2.13. The molecule has 0 radical (unpaired) electrons. The zero-order chi connectivity index (χ0) is 12.1. The van der Waals surface area contributed by atoms with Gasteiger partial charge in [0.1, 0.15) is 5.82 Å². The molecule has 1 fully saturated rings. The molecule has 0 bridgehead atoms. The first-order valence-corrected chi connectivity index (χ1v) is 5.86. The van der Waals surface area contributed by atoms with E-state index in [9.17, 15) is 4.39 Å². The molecule has 2 aromatic rings. The average molecular weight is 232 g/mol. The van der Waals surface area contributed by atoms with Gasteiger partial charge in [0.2, 0.25) is 0 Å². The van der Waals surface area contributed by atoms with Crippen LogP contribution in [-0.2, 0) is 0 Å². The minimum Gasteiger partial charge on any atom is -0.327 e. The van der Waals surface area contributed by atoms with Crippen molar-refractivity contribution in [1.29, 1.82) is 0 Å². The largest absolute Gasteiger partial charge is 0.327 e. The van der Waals surface area contributed by atoms with Gasteiger partial charge in [0.15, 0.2) is 0 Å². The predicted molar refractivity (Wildman–Crippen MR) is 69.4 cm³/mol. The third kappa shape index (κ3) is 3.51. The van der Waals surface area contributed by atoms with E-state index in [1.807, 2.05) is 24.3 Å². The lowest BCUT2D eigenvalue weighted by Crippen LogP contribution is -2.21. The maximum atomic E-state index is 12.6. The second kappa shape index (κ2) is 5.75. The number of halogens is 1. The van der Waals surface area contributed by atoms with Crippen molar-refractivity contribution >= 4 is 10.8 Å². The molecule has 0 saturated carbocycles. The molecule has 1 atom stereocenters. The van der Waals surface area contributed by atoms with Gasteiger partial charge in [-0.15, -0.1) is 0 Å². The second-order valence-electron chi connectivity index (χ2n) is 4.24. The summed E-state index contributed by atoms with van der Waals surface area (Å²) in [5.74, 6) is -0.177. The SMILES string of the molecule is Fc1ccc2ccccc2c1.NC1CCNC1. The fourth-order valence-corrected chi connectivity index (χ4v) is 1.84. The standard InChI is InChI=1S/C10H7F.C4H10N2/c11-10-6-5-8-3-1-2-4-9(8)7-10;5-4-1-2-6-3-4/h1-7H;4,6H,1-3,5H2. The number of fused-ring (bicyclic) bond motifs is 1. The molecule has 1 aliphatic heterocycles. The number of nitrogens with one attached hydrogen (secondary N) is 1. The minimum absolute atomic E-state index is 0.177. The quantitative estimate of drug-likeness (QED) is 0.731. The molecule has 1 heterocycles. The molecule has 1 unspecified atom stereocenters. The monoisotopic (exact) mass is 232 g/mol. The van der Waals surface area contributed by atoms with Crippen LogP contribution in [0.3, 0.4) is 0 Å². The van der Waals surface area contributed by atoms with Crippen LogP contribution in [0.2, 0.25) is 0 Å². The summed E-state index contributed by atoms with van der Waals surface area (Å²) >= 11 is 0. The van der Waals surface area contributed by atoms with Gasteiger partial charge < -0.3 is 11.1 Å². The van der Waals surface area contributed by atoms with Gasteiger partial charge in [-0.1, -0.05) is 30.3 Å². The highest BCUT2D eigenvalue weighted by atomic mass is 19.1. The lowest BCUT2D eigenvalue weighted by molar-refractivity contribution is 0.630. The van der Waals surface area contributed by atoms with Crippen LogP contribution in [0.15, 0.2) is 42.5 Å². The molecule has 3 rings (SSSR count). The molecular formula is C14H17FN2. The molecule has 2 nitrogen and oxygen atoms in total. The summed E-state index contributed by atoms with van der Waals surface area (Å²) in [6.07, 6.45) is 1.15. The number of nitrogens with two attached hydrogens (primary N) is 1. The summed E-state index contributed by atoms with van der Waals surface area (Å²) in [5, 5.41) is 5.18. The Morgan fingerprint density at radius 2 is 1.88 bits per heavy atom. The topological polar surface area (TPSA) is 38.0 Å². The van der Waals surface area contributed by atoms with Gasteiger partial charge in [-0.05, 0) is 35.9 Å². The zero-order valence-electron chi connectivity index (χ0n) is 9.70. The van der Waals surface area contributed by atoms with E-state index in [1.54, 1.807) is 6.07 Å². The van der Waals surface area contributed by atoms with Crippen LogP contribution >= 0.6 is 0 Å². The lowest BCUT2D eigenvalue weighted by atomic mass is 10.1. The van der Waals surface area contributed by atoms with Crippen molar-refractivity contribution in [2.75, 3.05) is 13.1 Å².